The summed E-state index contributed by atoms with van der Waals surface area (Å²) in [6, 6.07) is 8.66. The van der Waals surface area contributed by atoms with Crippen molar-refractivity contribution in [1.82, 2.24) is 0 Å². The van der Waals surface area contributed by atoms with E-state index in [9.17, 15) is 24.3 Å². The van der Waals surface area contributed by atoms with Crippen LogP contribution >= 0.6 is 0 Å². The molecule has 10 atom stereocenters. The molecule has 4 rings (SSSR count). The second kappa shape index (κ2) is 12.4. The van der Waals surface area contributed by atoms with Crippen LogP contribution in [0.3, 0.4) is 0 Å². The Morgan fingerprint density at radius 3 is 2.09 bits per heavy atom. The van der Waals surface area contributed by atoms with Crippen LogP contribution < -0.4 is 0 Å². The van der Waals surface area contributed by atoms with E-state index in [-0.39, 0.29) is 12.3 Å². The molecule has 1 aliphatic carbocycles. The smallest absolute Gasteiger partial charge is 0.338 e. The van der Waals surface area contributed by atoms with Gasteiger partial charge in [-0.1, -0.05) is 52.0 Å². The molecule has 10 nitrogen and oxygen atoms in total. The van der Waals surface area contributed by atoms with Gasteiger partial charge in [0.15, 0.2) is 0 Å². The predicted octanol–water partition coefficient (Wildman–Crippen LogP) is 4.17. The molecule has 0 amide bonds. The van der Waals surface area contributed by atoms with E-state index in [4.69, 9.17) is 23.7 Å². The standard InChI is InChI=1S/C33H44O10/c1-17-14-24-27(42-31(38)23-12-10-9-11-13-23)18(2)16-33(24)30(41-22(6)36)19(3)28(43-33)29(37)32(7,8)26(40-21(5)35)15-25(17)39-20(4)34/h9-14,18-19,24-30,37H,15-16H2,1-8H3/b17-14+/t18-,19-,24-,25+,26+,27-,28-,29+,30-,33+/m0/s1. The number of carbonyl (C=O) groups excluding carboxylic acids is 4. The number of ether oxygens (including phenoxy) is 5. The van der Waals surface area contributed by atoms with Crippen LogP contribution in [0.5, 0.6) is 0 Å². The average Bonchev–Trinajstić information content (AvgIpc) is 3.33. The van der Waals surface area contributed by atoms with Gasteiger partial charge in [0, 0.05) is 44.4 Å². The molecule has 43 heavy (non-hydrogen) atoms. The van der Waals surface area contributed by atoms with Crippen LogP contribution in [0.2, 0.25) is 0 Å². The lowest BCUT2D eigenvalue weighted by Crippen LogP contribution is -2.51. The van der Waals surface area contributed by atoms with Gasteiger partial charge in [0.2, 0.25) is 0 Å². The van der Waals surface area contributed by atoms with Gasteiger partial charge in [-0.15, -0.1) is 0 Å². The van der Waals surface area contributed by atoms with E-state index < -0.39 is 83.4 Å². The first-order valence-corrected chi connectivity index (χ1v) is 14.9. The molecule has 0 unspecified atom stereocenters. The van der Waals surface area contributed by atoms with Gasteiger partial charge in [0.1, 0.15) is 30.0 Å². The summed E-state index contributed by atoms with van der Waals surface area (Å²) in [5, 5.41) is 12.0. The summed E-state index contributed by atoms with van der Waals surface area (Å²) in [6.45, 7) is 13.1. The van der Waals surface area contributed by atoms with Crippen LogP contribution in [0.1, 0.15) is 78.6 Å². The third kappa shape index (κ3) is 6.36. The average molecular weight is 601 g/mol. The normalized spacial score (nSPS) is 38.0. The van der Waals surface area contributed by atoms with Gasteiger partial charge in [0.25, 0.3) is 0 Å². The molecule has 1 saturated carbocycles. The molecular weight excluding hydrogens is 556 g/mol. The zero-order chi connectivity index (χ0) is 31.9. The zero-order valence-corrected chi connectivity index (χ0v) is 26.2. The number of aliphatic hydroxyl groups is 1. The molecular formula is C33H44O10. The molecule has 2 aliphatic heterocycles. The van der Waals surface area contributed by atoms with Crippen molar-refractivity contribution in [2.75, 3.05) is 0 Å². The lowest BCUT2D eigenvalue weighted by molar-refractivity contribution is -0.184. The van der Waals surface area contributed by atoms with Crippen molar-refractivity contribution in [3.8, 4) is 0 Å². The third-order valence-electron chi connectivity index (χ3n) is 9.40. The molecule has 3 aliphatic rings. The molecule has 0 aromatic heterocycles. The van der Waals surface area contributed by atoms with Crippen molar-refractivity contribution >= 4 is 23.9 Å². The maximum atomic E-state index is 13.3. The van der Waals surface area contributed by atoms with Gasteiger partial charge in [0.05, 0.1) is 17.8 Å². The lowest BCUT2D eigenvalue weighted by Gasteiger charge is -2.41. The summed E-state index contributed by atoms with van der Waals surface area (Å²) in [7, 11) is 0. The fourth-order valence-corrected chi connectivity index (χ4v) is 7.22. The van der Waals surface area contributed by atoms with Crippen LogP contribution in [-0.2, 0) is 38.1 Å². The number of carbonyl (C=O) groups is 4. The van der Waals surface area contributed by atoms with Crippen LogP contribution in [0, 0.1) is 23.2 Å². The molecule has 1 spiro atoms. The van der Waals surface area contributed by atoms with Crippen molar-refractivity contribution in [2.45, 2.75) is 110 Å². The highest BCUT2D eigenvalue weighted by atomic mass is 16.6. The van der Waals surface area contributed by atoms with Crippen molar-refractivity contribution in [3.63, 3.8) is 0 Å². The van der Waals surface area contributed by atoms with Crippen molar-refractivity contribution in [3.05, 3.63) is 47.5 Å². The number of hydrogen-bond acceptors (Lipinski definition) is 10. The number of hydrogen-bond donors (Lipinski definition) is 1. The Morgan fingerprint density at radius 1 is 0.907 bits per heavy atom. The minimum Gasteiger partial charge on any atom is -0.462 e. The second-order valence-corrected chi connectivity index (χ2v) is 13.0. The predicted molar refractivity (Wildman–Crippen MR) is 155 cm³/mol. The summed E-state index contributed by atoms with van der Waals surface area (Å²) in [5.41, 5.74) is -1.22. The Bertz CT molecular complexity index is 1260. The fourth-order valence-electron chi connectivity index (χ4n) is 7.22. The molecule has 1 N–H and O–H groups in total. The van der Waals surface area contributed by atoms with Crippen molar-refractivity contribution in [2.24, 2.45) is 23.2 Å². The Kier molecular flexibility index (Phi) is 9.42. The molecule has 2 bridgehead atoms. The first-order valence-electron chi connectivity index (χ1n) is 14.9. The van der Waals surface area contributed by atoms with Crippen LogP contribution in [0.25, 0.3) is 0 Å². The van der Waals surface area contributed by atoms with Crippen LogP contribution in [0.4, 0.5) is 0 Å². The highest BCUT2D eigenvalue weighted by molar-refractivity contribution is 5.89. The second-order valence-electron chi connectivity index (χ2n) is 13.0. The van der Waals surface area contributed by atoms with Crippen molar-refractivity contribution < 1.29 is 48.0 Å². The van der Waals surface area contributed by atoms with Gasteiger partial charge in [-0.2, -0.15) is 0 Å². The van der Waals surface area contributed by atoms with E-state index in [2.05, 4.69) is 0 Å². The highest BCUT2D eigenvalue weighted by Gasteiger charge is 2.68. The van der Waals surface area contributed by atoms with Crippen molar-refractivity contribution in [1.29, 1.82) is 0 Å². The molecule has 1 aromatic carbocycles. The molecule has 236 valence electrons. The Labute approximate surface area is 253 Å². The Balaban J connectivity index is 1.90. The Morgan fingerprint density at radius 2 is 1.51 bits per heavy atom. The van der Waals surface area contributed by atoms with E-state index in [1.54, 1.807) is 45.0 Å². The molecule has 1 aromatic rings. The largest absolute Gasteiger partial charge is 0.462 e. The maximum Gasteiger partial charge on any atom is 0.338 e. The maximum absolute atomic E-state index is 13.3. The molecule has 1 saturated heterocycles. The summed E-state index contributed by atoms with van der Waals surface area (Å²) >= 11 is 0. The highest BCUT2D eigenvalue weighted by Crippen LogP contribution is 2.57. The summed E-state index contributed by atoms with van der Waals surface area (Å²) in [6.07, 6.45) is -2.85. The van der Waals surface area contributed by atoms with E-state index in [0.29, 0.717) is 17.6 Å². The summed E-state index contributed by atoms with van der Waals surface area (Å²) in [4.78, 5) is 50.3. The first-order chi connectivity index (χ1) is 20.1. The lowest BCUT2D eigenvalue weighted by atomic mass is 9.72. The number of rotatable bonds is 5. The quantitative estimate of drug-likeness (QED) is 0.298. The monoisotopic (exact) mass is 600 g/mol. The molecule has 2 fully saturated rings. The number of esters is 4. The summed E-state index contributed by atoms with van der Waals surface area (Å²) in [5.74, 6) is -3.41. The van der Waals surface area contributed by atoms with Gasteiger partial charge in [-0.05, 0) is 37.0 Å². The fraction of sp³-hybridized carbons (Fsp3) is 0.636. The molecule has 2 heterocycles. The van der Waals surface area contributed by atoms with Gasteiger partial charge in [-0.25, -0.2) is 4.79 Å². The SMILES string of the molecule is CC(=O)O[C@@H]1C[C@@H](OC(C)=O)C(C)(C)[C@H](O)[C@H]2O[C@@]3(C[C@H](C)[C@H](OC(=O)c4ccccc4)[C@@H]3/C=C/1C)[C@@H](OC(C)=O)[C@H]2C. The minimum absolute atomic E-state index is 0.0871. The molecule has 0 radical (unpaired) electrons. The van der Waals surface area contributed by atoms with E-state index in [0.717, 1.165) is 0 Å². The van der Waals surface area contributed by atoms with Gasteiger partial charge in [-0.3, -0.25) is 14.4 Å². The Hall–Kier alpha value is -3.24. The van der Waals surface area contributed by atoms with E-state index in [1.807, 2.05) is 26.0 Å². The number of aliphatic hydroxyl groups excluding tert-OH is 1. The van der Waals surface area contributed by atoms with Crippen LogP contribution in [0.15, 0.2) is 42.0 Å². The van der Waals surface area contributed by atoms with Crippen LogP contribution in [-0.4, -0.2) is 71.2 Å². The number of fused-ring (bicyclic) bond motifs is 1. The van der Waals surface area contributed by atoms with Gasteiger partial charge < -0.3 is 28.8 Å². The number of benzene rings is 1. The minimum atomic E-state index is -1.18. The van der Waals surface area contributed by atoms with Gasteiger partial charge >= 0.3 is 23.9 Å². The topological polar surface area (TPSA) is 135 Å². The zero-order valence-electron chi connectivity index (χ0n) is 26.2. The summed E-state index contributed by atoms with van der Waals surface area (Å²) < 4.78 is 30.5. The first kappa shape index (κ1) is 32.7. The van der Waals surface area contributed by atoms with E-state index >= 15 is 0 Å². The van der Waals surface area contributed by atoms with E-state index in [1.165, 1.54) is 20.8 Å². The molecule has 10 heteroatoms. The third-order valence-corrected chi connectivity index (χ3v) is 9.40.